The van der Waals surface area contributed by atoms with Crippen molar-refractivity contribution < 1.29 is 14.7 Å². The Balaban J connectivity index is 1.96. The largest absolute Gasteiger partial charge is 0.481 e. The summed E-state index contributed by atoms with van der Waals surface area (Å²) in [5.74, 6) is -1.17. The molecule has 0 aliphatic carbocycles. The van der Waals surface area contributed by atoms with Gasteiger partial charge < -0.3 is 9.67 Å². The minimum Gasteiger partial charge on any atom is -0.481 e. The van der Waals surface area contributed by atoms with Crippen LogP contribution in [0.1, 0.15) is 31.9 Å². The van der Waals surface area contributed by atoms with Crippen molar-refractivity contribution in [3.8, 4) is 0 Å². The van der Waals surface area contributed by atoms with Crippen molar-refractivity contribution >= 4 is 57.2 Å². The van der Waals surface area contributed by atoms with Gasteiger partial charge in [0.25, 0.3) is 5.91 Å². The summed E-state index contributed by atoms with van der Waals surface area (Å²) in [5, 5.41) is 9.89. The average molecular weight is 374 g/mol. The van der Waals surface area contributed by atoms with Crippen molar-refractivity contribution in [3.63, 3.8) is 0 Å². The van der Waals surface area contributed by atoms with Crippen LogP contribution in [0.15, 0.2) is 35.4 Å². The average Bonchev–Trinajstić information content (AvgIpc) is 3.05. The number of hydrogen-bond donors (Lipinski definition) is 1. The summed E-state index contributed by atoms with van der Waals surface area (Å²) in [6.45, 7) is 4.33. The molecule has 0 atom stereocenters. The van der Waals surface area contributed by atoms with Crippen LogP contribution in [0, 0.1) is 0 Å². The standard InChI is InChI=1S/C18H18N2O3S2/c1-11(2)20-10-12(13-5-3-4-6-14(13)20)9-15-17(23)19(18(24)25-15)8-7-16(21)22/h3-6,9-11H,7-8H2,1-2H3,(H,21,22)/b15-9+. The molecule has 5 nitrogen and oxygen atoms in total. The van der Waals surface area contributed by atoms with Gasteiger partial charge in [-0.1, -0.05) is 42.2 Å². The molecular formula is C18H18N2O3S2. The Morgan fingerprint density at radius 3 is 2.76 bits per heavy atom. The topological polar surface area (TPSA) is 62.5 Å². The molecule has 1 saturated heterocycles. The number of rotatable bonds is 5. The molecule has 1 aromatic heterocycles. The first-order chi connectivity index (χ1) is 11.9. The SMILES string of the molecule is CC(C)n1cc(/C=C2/SC(=S)N(CCC(=O)O)C2=O)c2ccccc21. The molecule has 1 aliphatic heterocycles. The molecule has 1 amide bonds. The Morgan fingerprint density at radius 2 is 2.08 bits per heavy atom. The number of hydrogen-bond acceptors (Lipinski definition) is 4. The van der Waals surface area contributed by atoms with E-state index in [2.05, 4.69) is 24.5 Å². The van der Waals surface area contributed by atoms with Crippen LogP contribution < -0.4 is 0 Å². The summed E-state index contributed by atoms with van der Waals surface area (Å²) in [7, 11) is 0. The van der Waals surface area contributed by atoms with Crippen molar-refractivity contribution in [2.45, 2.75) is 26.3 Å². The van der Waals surface area contributed by atoms with Gasteiger partial charge >= 0.3 is 5.97 Å². The van der Waals surface area contributed by atoms with E-state index < -0.39 is 5.97 Å². The third-order valence-electron chi connectivity index (χ3n) is 4.04. The predicted molar refractivity (Wildman–Crippen MR) is 104 cm³/mol. The Hall–Kier alpha value is -2.12. The Labute approximate surface area is 155 Å². The zero-order valence-electron chi connectivity index (χ0n) is 13.9. The number of benzene rings is 1. The van der Waals surface area contributed by atoms with Gasteiger partial charge in [-0.25, -0.2) is 0 Å². The summed E-state index contributed by atoms with van der Waals surface area (Å²) < 4.78 is 2.58. The first-order valence-electron chi connectivity index (χ1n) is 7.95. The molecule has 0 saturated carbocycles. The zero-order chi connectivity index (χ0) is 18.1. The number of para-hydroxylation sites is 1. The maximum atomic E-state index is 12.6. The molecule has 0 radical (unpaired) electrons. The molecule has 25 heavy (non-hydrogen) atoms. The number of carbonyl (C=O) groups excluding carboxylic acids is 1. The normalized spacial score (nSPS) is 16.6. The lowest BCUT2D eigenvalue weighted by molar-refractivity contribution is -0.137. The molecule has 130 valence electrons. The van der Waals surface area contributed by atoms with Gasteiger partial charge in [-0.05, 0) is 26.0 Å². The van der Waals surface area contributed by atoms with Gasteiger partial charge in [-0.3, -0.25) is 14.5 Å². The highest BCUT2D eigenvalue weighted by atomic mass is 32.2. The summed E-state index contributed by atoms with van der Waals surface area (Å²) in [5.41, 5.74) is 2.08. The van der Waals surface area contributed by atoms with Crippen molar-refractivity contribution in [3.05, 3.63) is 40.9 Å². The molecule has 0 spiro atoms. The number of aliphatic carboxylic acids is 1. The molecule has 1 aromatic carbocycles. The van der Waals surface area contributed by atoms with Gasteiger partial charge in [0.15, 0.2) is 0 Å². The quantitative estimate of drug-likeness (QED) is 0.635. The number of aromatic nitrogens is 1. The number of thioether (sulfide) groups is 1. The van der Waals surface area contributed by atoms with Crippen LogP contribution in [0.3, 0.4) is 0 Å². The molecule has 2 aromatic rings. The Bertz CT molecular complexity index is 899. The fourth-order valence-corrected chi connectivity index (χ4v) is 4.11. The lowest BCUT2D eigenvalue weighted by Gasteiger charge is -2.12. The van der Waals surface area contributed by atoms with E-state index in [1.165, 1.54) is 16.7 Å². The fourth-order valence-electron chi connectivity index (χ4n) is 2.82. The number of fused-ring (bicyclic) bond motifs is 1. The minimum absolute atomic E-state index is 0.102. The van der Waals surface area contributed by atoms with E-state index in [0.29, 0.717) is 15.3 Å². The van der Waals surface area contributed by atoms with Crippen molar-refractivity contribution in [1.82, 2.24) is 9.47 Å². The van der Waals surface area contributed by atoms with E-state index in [9.17, 15) is 9.59 Å². The number of carbonyl (C=O) groups is 2. The number of carboxylic acid groups (broad SMARTS) is 1. The minimum atomic E-state index is -0.946. The number of carboxylic acids is 1. The van der Waals surface area contributed by atoms with Gasteiger partial charge in [0.1, 0.15) is 4.32 Å². The van der Waals surface area contributed by atoms with E-state index in [-0.39, 0.29) is 18.9 Å². The van der Waals surface area contributed by atoms with E-state index >= 15 is 0 Å². The first-order valence-corrected chi connectivity index (χ1v) is 9.17. The number of nitrogens with zero attached hydrogens (tertiary/aromatic N) is 2. The molecule has 7 heteroatoms. The lowest BCUT2D eigenvalue weighted by atomic mass is 10.1. The zero-order valence-corrected chi connectivity index (χ0v) is 15.6. The molecule has 1 N–H and O–H groups in total. The monoisotopic (exact) mass is 374 g/mol. The van der Waals surface area contributed by atoms with Crippen molar-refractivity contribution in [2.75, 3.05) is 6.54 Å². The van der Waals surface area contributed by atoms with E-state index in [4.69, 9.17) is 17.3 Å². The highest BCUT2D eigenvalue weighted by Crippen LogP contribution is 2.35. The van der Waals surface area contributed by atoms with Crippen molar-refractivity contribution in [2.24, 2.45) is 0 Å². The fraction of sp³-hybridized carbons (Fsp3) is 0.278. The van der Waals surface area contributed by atoms with Crippen LogP contribution >= 0.6 is 24.0 Å². The third kappa shape index (κ3) is 3.48. The highest BCUT2D eigenvalue weighted by Gasteiger charge is 2.32. The smallest absolute Gasteiger partial charge is 0.305 e. The van der Waals surface area contributed by atoms with Gasteiger partial charge in [-0.15, -0.1) is 0 Å². The van der Waals surface area contributed by atoms with Crippen LogP contribution in [-0.2, 0) is 9.59 Å². The number of amides is 1. The van der Waals surface area contributed by atoms with E-state index in [1.807, 2.05) is 30.5 Å². The Kier molecular flexibility index (Phi) is 4.96. The Morgan fingerprint density at radius 1 is 1.36 bits per heavy atom. The molecule has 3 rings (SSSR count). The first kappa shape index (κ1) is 17.7. The van der Waals surface area contributed by atoms with Crippen LogP contribution in [-0.4, -0.2) is 37.3 Å². The summed E-state index contributed by atoms with van der Waals surface area (Å²) >= 11 is 6.46. The number of thiocarbonyl (C=S) groups is 1. The third-order valence-corrected chi connectivity index (χ3v) is 5.41. The van der Waals surface area contributed by atoms with Gasteiger partial charge in [0, 0.05) is 35.2 Å². The van der Waals surface area contributed by atoms with Gasteiger partial charge in [0.05, 0.1) is 11.3 Å². The lowest BCUT2D eigenvalue weighted by Crippen LogP contribution is -2.30. The molecule has 2 heterocycles. The predicted octanol–water partition coefficient (Wildman–Crippen LogP) is 3.90. The highest BCUT2D eigenvalue weighted by molar-refractivity contribution is 8.26. The van der Waals surface area contributed by atoms with E-state index in [0.717, 1.165) is 16.5 Å². The maximum absolute atomic E-state index is 12.6. The molecule has 1 aliphatic rings. The second-order valence-corrected chi connectivity index (χ2v) is 7.76. The van der Waals surface area contributed by atoms with Crippen molar-refractivity contribution in [1.29, 1.82) is 0 Å². The molecule has 0 unspecified atom stereocenters. The summed E-state index contributed by atoms with van der Waals surface area (Å²) in [6.07, 6.45) is 3.77. The second kappa shape index (κ2) is 7.01. The van der Waals surface area contributed by atoms with Crippen LogP contribution in [0.25, 0.3) is 17.0 Å². The summed E-state index contributed by atoms with van der Waals surface area (Å²) in [6, 6.07) is 8.37. The molecule has 0 bridgehead atoms. The van der Waals surface area contributed by atoms with Gasteiger partial charge in [-0.2, -0.15) is 0 Å². The van der Waals surface area contributed by atoms with E-state index in [1.54, 1.807) is 0 Å². The van der Waals surface area contributed by atoms with Crippen LogP contribution in [0.5, 0.6) is 0 Å². The molecular weight excluding hydrogens is 356 g/mol. The molecule has 1 fully saturated rings. The summed E-state index contributed by atoms with van der Waals surface area (Å²) in [4.78, 5) is 25.2. The van der Waals surface area contributed by atoms with Crippen LogP contribution in [0.2, 0.25) is 0 Å². The maximum Gasteiger partial charge on any atom is 0.305 e. The second-order valence-electron chi connectivity index (χ2n) is 6.08. The van der Waals surface area contributed by atoms with Gasteiger partial charge in [0.2, 0.25) is 0 Å². The van der Waals surface area contributed by atoms with Crippen LogP contribution in [0.4, 0.5) is 0 Å².